The van der Waals surface area contributed by atoms with Crippen molar-refractivity contribution in [3.63, 3.8) is 0 Å². The average molecular weight is 226 g/mol. The highest BCUT2D eigenvalue weighted by molar-refractivity contribution is 5.78. The van der Waals surface area contributed by atoms with Crippen LogP contribution in [0.15, 0.2) is 0 Å². The van der Waals surface area contributed by atoms with Gasteiger partial charge in [0.25, 0.3) is 0 Å². The summed E-state index contributed by atoms with van der Waals surface area (Å²) in [7, 11) is 0. The molecule has 0 radical (unpaired) electrons. The average Bonchev–Trinajstić information content (AvgIpc) is 3.13. The molecule has 16 heavy (non-hydrogen) atoms. The fraction of sp³-hybridized carbons (Fsp3) is 0.917. The van der Waals surface area contributed by atoms with Crippen molar-refractivity contribution >= 4 is 5.91 Å². The van der Waals surface area contributed by atoms with E-state index in [1.807, 2.05) is 4.90 Å². The topological polar surface area (TPSA) is 52.6 Å². The van der Waals surface area contributed by atoms with Crippen molar-refractivity contribution in [3.8, 4) is 0 Å². The number of aliphatic hydroxyl groups excluding tert-OH is 1. The fourth-order valence-electron chi connectivity index (χ4n) is 2.33. The van der Waals surface area contributed by atoms with Gasteiger partial charge in [0.05, 0.1) is 19.2 Å². The first kappa shape index (κ1) is 11.9. The molecule has 2 aliphatic rings. The van der Waals surface area contributed by atoms with Crippen molar-refractivity contribution in [2.75, 3.05) is 26.2 Å². The van der Waals surface area contributed by atoms with Crippen molar-refractivity contribution in [3.05, 3.63) is 0 Å². The maximum absolute atomic E-state index is 11.9. The lowest BCUT2D eigenvalue weighted by Crippen LogP contribution is -2.48. The summed E-state index contributed by atoms with van der Waals surface area (Å²) in [6, 6.07) is 0.0592. The summed E-state index contributed by atoms with van der Waals surface area (Å²) in [5.74, 6) is 0.960. The standard InChI is InChI=1S/C12H22N2O2/c15-9-11-3-1-2-6-14(11)12(16)8-13-7-10-4-5-10/h10-11,13,15H,1-9H2. The van der Waals surface area contributed by atoms with Crippen LogP contribution >= 0.6 is 0 Å². The SMILES string of the molecule is O=C(CNCC1CC1)N1CCCCC1CO. The summed E-state index contributed by atoms with van der Waals surface area (Å²) in [6.45, 7) is 2.33. The number of carbonyl (C=O) groups is 1. The summed E-state index contributed by atoms with van der Waals surface area (Å²) in [5.41, 5.74) is 0. The lowest BCUT2D eigenvalue weighted by molar-refractivity contribution is -0.134. The Balaban J connectivity index is 1.72. The zero-order valence-corrected chi connectivity index (χ0v) is 9.82. The minimum absolute atomic E-state index is 0.0592. The molecule has 1 saturated heterocycles. The molecule has 2 N–H and O–H groups in total. The molecule has 0 aromatic carbocycles. The van der Waals surface area contributed by atoms with Gasteiger partial charge in [-0.15, -0.1) is 0 Å². The van der Waals surface area contributed by atoms with Crippen molar-refractivity contribution in [2.24, 2.45) is 5.92 Å². The molecule has 1 heterocycles. The number of aliphatic hydroxyl groups is 1. The number of piperidine rings is 1. The molecular formula is C12H22N2O2. The molecule has 1 atom stereocenters. The molecule has 0 aromatic heterocycles. The molecular weight excluding hydrogens is 204 g/mol. The molecule has 1 aliphatic carbocycles. The number of amides is 1. The smallest absolute Gasteiger partial charge is 0.236 e. The van der Waals surface area contributed by atoms with Crippen LogP contribution in [-0.2, 0) is 4.79 Å². The molecule has 1 amide bonds. The van der Waals surface area contributed by atoms with Gasteiger partial charge >= 0.3 is 0 Å². The monoisotopic (exact) mass is 226 g/mol. The van der Waals surface area contributed by atoms with E-state index < -0.39 is 0 Å². The number of nitrogens with one attached hydrogen (secondary N) is 1. The summed E-state index contributed by atoms with van der Waals surface area (Å²) in [4.78, 5) is 13.8. The number of hydrogen-bond donors (Lipinski definition) is 2. The Bertz CT molecular complexity index is 241. The van der Waals surface area contributed by atoms with E-state index in [0.29, 0.717) is 6.54 Å². The Kier molecular flexibility index (Phi) is 4.18. The molecule has 1 unspecified atom stereocenters. The van der Waals surface area contributed by atoms with Crippen LogP contribution in [0.3, 0.4) is 0 Å². The van der Waals surface area contributed by atoms with Gasteiger partial charge in [-0.25, -0.2) is 0 Å². The number of carbonyl (C=O) groups excluding carboxylic acids is 1. The maximum Gasteiger partial charge on any atom is 0.236 e. The van der Waals surface area contributed by atoms with E-state index in [1.54, 1.807) is 0 Å². The maximum atomic E-state index is 11.9. The van der Waals surface area contributed by atoms with Gasteiger partial charge < -0.3 is 15.3 Å². The van der Waals surface area contributed by atoms with Crippen molar-refractivity contribution < 1.29 is 9.90 Å². The second kappa shape index (κ2) is 5.64. The highest BCUT2D eigenvalue weighted by atomic mass is 16.3. The van der Waals surface area contributed by atoms with Crippen LogP contribution in [0.2, 0.25) is 0 Å². The van der Waals surface area contributed by atoms with Crippen LogP contribution in [0.25, 0.3) is 0 Å². The molecule has 4 heteroatoms. The molecule has 0 aromatic rings. The number of likely N-dealkylation sites (tertiary alicyclic amines) is 1. The zero-order chi connectivity index (χ0) is 11.4. The van der Waals surface area contributed by atoms with Gasteiger partial charge in [0, 0.05) is 6.54 Å². The van der Waals surface area contributed by atoms with Crippen molar-refractivity contribution in [1.82, 2.24) is 10.2 Å². The summed E-state index contributed by atoms with van der Waals surface area (Å²) in [6.07, 6.45) is 5.77. The first-order valence-electron chi connectivity index (χ1n) is 6.42. The Morgan fingerprint density at radius 2 is 2.12 bits per heavy atom. The van der Waals surface area contributed by atoms with Crippen molar-refractivity contribution in [1.29, 1.82) is 0 Å². The predicted molar refractivity (Wildman–Crippen MR) is 62.0 cm³/mol. The molecule has 2 fully saturated rings. The van der Waals surface area contributed by atoms with Crippen LogP contribution in [0.4, 0.5) is 0 Å². The van der Waals surface area contributed by atoms with Crippen LogP contribution in [-0.4, -0.2) is 48.2 Å². The first-order valence-corrected chi connectivity index (χ1v) is 6.42. The molecule has 1 aliphatic heterocycles. The van der Waals surface area contributed by atoms with E-state index >= 15 is 0 Å². The Labute approximate surface area is 97.0 Å². The lowest BCUT2D eigenvalue weighted by Gasteiger charge is -2.34. The van der Waals surface area contributed by atoms with E-state index in [9.17, 15) is 9.90 Å². The molecule has 0 spiro atoms. The van der Waals surface area contributed by atoms with Crippen LogP contribution in [0.1, 0.15) is 32.1 Å². The molecule has 0 bridgehead atoms. The molecule has 4 nitrogen and oxygen atoms in total. The first-order chi connectivity index (χ1) is 7.81. The van der Waals surface area contributed by atoms with Gasteiger partial charge in [-0.05, 0) is 44.6 Å². The minimum atomic E-state index is 0.0592. The van der Waals surface area contributed by atoms with E-state index in [0.717, 1.165) is 38.3 Å². The van der Waals surface area contributed by atoms with Gasteiger partial charge in [0.2, 0.25) is 5.91 Å². The molecule has 1 saturated carbocycles. The van der Waals surface area contributed by atoms with Gasteiger partial charge in [-0.2, -0.15) is 0 Å². The third-order valence-corrected chi connectivity index (χ3v) is 3.56. The minimum Gasteiger partial charge on any atom is -0.394 e. The van der Waals surface area contributed by atoms with Crippen molar-refractivity contribution in [2.45, 2.75) is 38.1 Å². The van der Waals surface area contributed by atoms with E-state index in [-0.39, 0.29) is 18.6 Å². The Morgan fingerprint density at radius 3 is 2.81 bits per heavy atom. The van der Waals surface area contributed by atoms with Crippen LogP contribution in [0.5, 0.6) is 0 Å². The molecule has 2 rings (SSSR count). The Morgan fingerprint density at radius 1 is 1.31 bits per heavy atom. The highest BCUT2D eigenvalue weighted by Crippen LogP contribution is 2.27. The van der Waals surface area contributed by atoms with E-state index in [2.05, 4.69) is 5.32 Å². The van der Waals surface area contributed by atoms with Gasteiger partial charge in [-0.1, -0.05) is 0 Å². The second-order valence-corrected chi connectivity index (χ2v) is 4.99. The van der Waals surface area contributed by atoms with Gasteiger partial charge in [0.15, 0.2) is 0 Å². The summed E-state index contributed by atoms with van der Waals surface area (Å²) >= 11 is 0. The second-order valence-electron chi connectivity index (χ2n) is 4.99. The van der Waals surface area contributed by atoms with Gasteiger partial charge in [-0.3, -0.25) is 4.79 Å². The van der Waals surface area contributed by atoms with Gasteiger partial charge in [0.1, 0.15) is 0 Å². The van der Waals surface area contributed by atoms with Crippen LogP contribution in [0, 0.1) is 5.92 Å². The third kappa shape index (κ3) is 3.19. The largest absolute Gasteiger partial charge is 0.394 e. The number of nitrogens with zero attached hydrogens (tertiary/aromatic N) is 1. The van der Waals surface area contributed by atoms with E-state index in [4.69, 9.17) is 0 Å². The number of rotatable bonds is 5. The summed E-state index contributed by atoms with van der Waals surface area (Å²) < 4.78 is 0. The molecule has 92 valence electrons. The quantitative estimate of drug-likeness (QED) is 0.711. The normalized spacial score (nSPS) is 25.8. The summed E-state index contributed by atoms with van der Waals surface area (Å²) in [5, 5.41) is 12.4. The Hall–Kier alpha value is -0.610. The zero-order valence-electron chi connectivity index (χ0n) is 9.82. The fourth-order valence-corrected chi connectivity index (χ4v) is 2.33. The number of hydrogen-bond acceptors (Lipinski definition) is 3. The van der Waals surface area contributed by atoms with Crippen LogP contribution < -0.4 is 5.32 Å². The van der Waals surface area contributed by atoms with E-state index in [1.165, 1.54) is 12.8 Å². The predicted octanol–water partition coefficient (Wildman–Crippen LogP) is 0.359. The highest BCUT2D eigenvalue weighted by Gasteiger charge is 2.26. The third-order valence-electron chi connectivity index (χ3n) is 3.56. The lowest BCUT2D eigenvalue weighted by atomic mass is 10.0.